The Labute approximate surface area is 380 Å². The molecular formula is C59H66Zr-4. The Bertz CT molecular complexity index is 2270. The Morgan fingerprint density at radius 3 is 1.55 bits per heavy atom. The monoisotopic (exact) mass is 864 g/mol. The van der Waals surface area contributed by atoms with Gasteiger partial charge in [0.2, 0.25) is 0 Å². The van der Waals surface area contributed by atoms with Crippen molar-refractivity contribution >= 4 is 20.9 Å². The molecule has 4 aliphatic rings. The third-order valence-corrected chi connectivity index (χ3v) is 11.9. The zero-order valence-corrected chi connectivity index (χ0v) is 41.4. The van der Waals surface area contributed by atoms with Crippen LogP contribution in [-0.4, -0.2) is 4.21 Å². The number of benzene rings is 5. The molecule has 5 aromatic carbocycles. The maximum absolute atomic E-state index is 3.65. The van der Waals surface area contributed by atoms with Gasteiger partial charge >= 0.3 is 28.4 Å². The third kappa shape index (κ3) is 10.8. The van der Waals surface area contributed by atoms with E-state index in [1.54, 1.807) is 0 Å². The van der Waals surface area contributed by atoms with Crippen LogP contribution in [-0.2, 0) is 52.3 Å². The van der Waals surface area contributed by atoms with Crippen LogP contribution in [0.5, 0.6) is 0 Å². The first-order valence-electron chi connectivity index (χ1n) is 21.5. The van der Waals surface area contributed by atoms with E-state index >= 15 is 0 Å². The van der Waals surface area contributed by atoms with E-state index in [1.165, 1.54) is 108 Å². The van der Waals surface area contributed by atoms with Crippen LogP contribution < -0.4 is 0 Å². The van der Waals surface area contributed by atoms with Gasteiger partial charge in [-0.1, -0.05) is 150 Å². The third-order valence-electron chi connectivity index (χ3n) is 11.9. The SMILES string of the molecule is CC(C)(C)c1cc[c-]cc1.CC(C)(C)c1cc[c-]cc1.CC1=[C-]C(C)(C)c2cc3c(cc21)-c1cc2c(cc1C3)C(C)(C)C=C2C.CC1=[C-]C(C)C=C1c1ccccc1.[CH2]=[Zr]. The standard InChI is InChI=1S/C25H25.C13H13.2C10H13.CH2.Zr/c1-14-12-24(3,4)22-8-16-7-17-9-23-19(15(2)13-25(23,5)6)11-21(17)20(16)10-18(14)22;1-10-8-11(2)13(9-10)12-6-4-3-5-7-12;2*1-10(2,3)9-7-5-4-6-8-9;;/h8-12H,7H2,1-6H3;3-7,9-10H,1-2H3;2*5-8H,1-3H3;1H2;/q4*-1;;. The summed E-state index contributed by atoms with van der Waals surface area (Å²) in [4.78, 5) is 0. The van der Waals surface area contributed by atoms with Gasteiger partial charge in [-0.25, -0.2) is 11.1 Å². The van der Waals surface area contributed by atoms with Gasteiger partial charge in [-0.2, -0.15) is 89.0 Å². The molecule has 0 saturated heterocycles. The van der Waals surface area contributed by atoms with Gasteiger partial charge in [0.15, 0.2) is 0 Å². The zero-order chi connectivity index (χ0) is 44.2. The molecule has 5 aromatic rings. The van der Waals surface area contributed by atoms with Gasteiger partial charge in [0.05, 0.1) is 0 Å². The quantitative estimate of drug-likeness (QED) is 0.144. The second-order valence-corrected chi connectivity index (χ2v) is 19.8. The summed E-state index contributed by atoms with van der Waals surface area (Å²) in [6.07, 6.45) is 12.8. The van der Waals surface area contributed by atoms with Gasteiger partial charge in [0, 0.05) is 5.41 Å². The first-order chi connectivity index (χ1) is 28.2. The van der Waals surface area contributed by atoms with Crippen LogP contribution in [0.15, 0.2) is 121 Å². The van der Waals surface area contributed by atoms with Crippen LogP contribution in [0.3, 0.4) is 0 Å². The molecule has 0 bridgehead atoms. The van der Waals surface area contributed by atoms with E-state index in [9.17, 15) is 0 Å². The summed E-state index contributed by atoms with van der Waals surface area (Å²) in [6, 6.07) is 42.6. The molecule has 9 rings (SSSR count). The molecule has 0 aliphatic heterocycles. The van der Waals surface area contributed by atoms with E-state index in [2.05, 4.69) is 210 Å². The van der Waals surface area contributed by atoms with E-state index < -0.39 is 0 Å². The molecule has 310 valence electrons. The van der Waals surface area contributed by atoms with E-state index in [4.69, 9.17) is 0 Å². The fourth-order valence-electron chi connectivity index (χ4n) is 8.82. The Hall–Kier alpha value is -4.19. The second kappa shape index (κ2) is 18.8. The number of rotatable bonds is 1. The van der Waals surface area contributed by atoms with Gasteiger partial charge in [0.25, 0.3) is 0 Å². The minimum atomic E-state index is 0.0340. The number of fused-ring (bicyclic) bond motifs is 5. The van der Waals surface area contributed by atoms with Gasteiger partial charge in [-0.05, 0) is 69.2 Å². The predicted octanol–water partition coefficient (Wildman–Crippen LogP) is 15.5. The van der Waals surface area contributed by atoms with Gasteiger partial charge < -0.3 is 0 Å². The molecule has 60 heavy (non-hydrogen) atoms. The molecule has 0 N–H and O–H groups in total. The minimum absolute atomic E-state index is 0.0340. The number of allylic oxidation sites excluding steroid dienone is 8. The Balaban J connectivity index is 0.000000165. The molecule has 0 spiro atoms. The van der Waals surface area contributed by atoms with Crippen molar-refractivity contribution < 1.29 is 24.2 Å². The molecule has 1 unspecified atom stereocenters. The summed E-state index contributed by atoms with van der Waals surface area (Å²) in [5.41, 5.74) is 21.7. The average molecular weight is 866 g/mol. The first-order valence-corrected chi connectivity index (χ1v) is 23.2. The van der Waals surface area contributed by atoms with Crippen LogP contribution in [0.2, 0.25) is 0 Å². The van der Waals surface area contributed by atoms with Crippen molar-refractivity contribution in [3.8, 4) is 11.1 Å². The molecule has 0 radical (unpaired) electrons. The Morgan fingerprint density at radius 1 is 0.617 bits per heavy atom. The van der Waals surface area contributed by atoms with E-state index in [0.29, 0.717) is 5.92 Å². The van der Waals surface area contributed by atoms with Crippen molar-refractivity contribution in [1.82, 2.24) is 0 Å². The summed E-state index contributed by atoms with van der Waals surface area (Å²) < 4.78 is 3.34. The van der Waals surface area contributed by atoms with Crippen molar-refractivity contribution in [2.24, 2.45) is 5.92 Å². The summed E-state index contributed by atoms with van der Waals surface area (Å²) >= 11 is 1.30. The van der Waals surface area contributed by atoms with Crippen LogP contribution in [0.25, 0.3) is 27.8 Å². The molecule has 1 heteroatoms. The van der Waals surface area contributed by atoms with Crippen LogP contribution >= 0.6 is 0 Å². The normalized spacial score (nSPS) is 17.1. The van der Waals surface area contributed by atoms with Gasteiger partial charge in [-0.3, -0.25) is 12.2 Å². The van der Waals surface area contributed by atoms with Crippen LogP contribution in [0, 0.1) is 30.2 Å². The predicted molar refractivity (Wildman–Crippen MR) is 258 cm³/mol. The van der Waals surface area contributed by atoms with E-state index in [-0.39, 0.29) is 21.7 Å². The van der Waals surface area contributed by atoms with Gasteiger partial charge in [0.1, 0.15) is 0 Å². The fourth-order valence-corrected chi connectivity index (χ4v) is 8.82. The molecule has 0 fully saturated rings. The Kier molecular flexibility index (Phi) is 14.7. The fraction of sp³-hybridized carbons (Fsp3) is 0.339. The average Bonchev–Trinajstić information content (AvgIpc) is 3.88. The molecule has 0 saturated carbocycles. The summed E-state index contributed by atoms with van der Waals surface area (Å²) in [5.74, 6) is 0.468. The van der Waals surface area contributed by atoms with Crippen molar-refractivity contribution in [2.75, 3.05) is 0 Å². The van der Waals surface area contributed by atoms with Crippen LogP contribution in [0.1, 0.15) is 147 Å². The van der Waals surface area contributed by atoms with Crippen molar-refractivity contribution in [3.05, 3.63) is 195 Å². The van der Waals surface area contributed by atoms with Crippen LogP contribution in [0.4, 0.5) is 0 Å². The zero-order valence-electron chi connectivity index (χ0n) is 39.0. The molecule has 4 aliphatic carbocycles. The molecule has 0 heterocycles. The molecule has 0 aromatic heterocycles. The van der Waals surface area contributed by atoms with Crippen molar-refractivity contribution in [1.29, 1.82) is 0 Å². The first kappa shape index (κ1) is 46.9. The number of hydrogen-bond acceptors (Lipinski definition) is 0. The molecular weight excluding hydrogens is 800 g/mol. The summed E-state index contributed by atoms with van der Waals surface area (Å²) in [6.45, 7) is 31.2. The molecule has 0 nitrogen and oxygen atoms in total. The number of hydrogen-bond donors (Lipinski definition) is 0. The second-order valence-electron chi connectivity index (χ2n) is 19.8. The molecule has 0 amide bonds. The Morgan fingerprint density at radius 2 is 1.10 bits per heavy atom. The summed E-state index contributed by atoms with van der Waals surface area (Å²) in [7, 11) is 0. The van der Waals surface area contributed by atoms with E-state index in [1.807, 2.05) is 30.3 Å². The maximum atomic E-state index is 3.65. The van der Waals surface area contributed by atoms with Crippen molar-refractivity contribution in [3.63, 3.8) is 0 Å². The van der Waals surface area contributed by atoms with E-state index in [0.717, 1.165) is 6.42 Å². The van der Waals surface area contributed by atoms with Crippen molar-refractivity contribution in [2.45, 2.75) is 125 Å². The molecule has 1 atom stereocenters. The van der Waals surface area contributed by atoms with Gasteiger partial charge in [-0.15, -0.1) is 17.2 Å². The topological polar surface area (TPSA) is 0 Å². The summed E-state index contributed by atoms with van der Waals surface area (Å²) in [5, 5.41) is 0.